The van der Waals surface area contributed by atoms with Crippen molar-refractivity contribution in [2.24, 2.45) is 5.73 Å². The van der Waals surface area contributed by atoms with Crippen LogP contribution in [0.2, 0.25) is 0 Å². The number of hydrogen-bond donors (Lipinski definition) is 3. The first kappa shape index (κ1) is 12.2. The van der Waals surface area contributed by atoms with Gasteiger partial charge in [0.2, 0.25) is 5.91 Å². The Morgan fingerprint density at radius 2 is 2.11 bits per heavy atom. The van der Waals surface area contributed by atoms with Gasteiger partial charge in [-0.1, -0.05) is 0 Å². The molecule has 1 aromatic carbocycles. The second-order valence-corrected chi connectivity index (χ2v) is 5.00. The third-order valence-corrected chi connectivity index (χ3v) is 3.65. The Bertz CT molecular complexity index is 600. The minimum absolute atomic E-state index is 0.134. The molecule has 1 aliphatic heterocycles. The fourth-order valence-electron chi connectivity index (χ4n) is 2.35. The standard InChI is InChI=1S/C14H17N3O2/c15-14(4-7-19-8-5-14)13(18)17-11-1-2-12-10(9-11)3-6-16-12/h1-3,6,9,16H,4-5,7-8,15H2,(H,17,18). The molecule has 0 radical (unpaired) electrons. The van der Waals surface area contributed by atoms with Crippen molar-refractivity contribution in [2.45, 2.75) is 18.4 Å². The summed E-state index contributed by atoms with van der Waals surface area (Å²) in [5.74, 6) is -0.134. The number of aromatic amines is 1. The van der Waals surface area contributed by atoms with Crippen LogP contribution in [0.4, 0.5) is 5.69 Å². The molecule has 0 spiro atoms. The van der Waals surface area contributed by atoms with Crippen molar-refractivity contribution in [1.82, 2.24) is 4.98 Å². The van der Waals surface area contributed by atoms with E-state index in [4.69, 9.17) is 10.5 Å². The lowest BCUT2D eigenvalue weighted by Gasteiger charge is -2.31. The van der Waals surface area contributed by atoms with Crippen LogP contribution in [0.25, 0.3) is 10.9 Å². The van der Waals surface area contributed by atoms with E-state index in [0.717, 1.165) is 16.6 Å². The molecule has 100 valence electrons. The minimum Gasteiger partial charge on any atom is -0.381 e. The summed E-state index contributed by atoms with van der Waals surface area (Å²) in [5, 5.41) is 3.97. The minimum atomic E-state index is -0.814. The normalized spacial score (nSPS) is 18.4. The van der Waals surface area contributed by atoms with E-state index in [-0.39, 0.29) is 5.91 Å². The summed E-state index contributed by atoms with van der Waals surface area (Å²) in [7, 11) is 0. The van der Waals surface area contributed by atoms with Gasteiger partial charge in [-0.25, -0.2) is 0 Å². The largest absolute Gasteiger partial charge is 0.381 e. The van der Waals surface area contributed by atoms with Gasteiger partial charge in [0.25, 0.3) is 0 Å². The highest BCUT2D eigenvalue weighted by Crippen LogP contribution is 2.22. The second-order valence-electron chi connectivity index (χ2n) is 5.00. The number of benzene rings is 1. The molecule has 1 aliphatic rings. The van der Waals surface area contributed by atoms with E-state index in [9.17, 15) is 4.79 Å². The summed E-state index contributed by atoms with van der Waals surface area (Å²) in [6.07, 6.45) is 3.00. The molecule has 3 rings (SSSR count). The lowest BCUT2D eigenvalue weighted by Crippen LogP contribution is -2.54. The van der Waals surface area contributed by atoms with Gasteiger partial charge in [0.1, 0.15) is 5.54 Å². The Hall–Kier alpha value is -1.85. The van der Waals surface area contributed by atoms with Gasteiger partial charge in [-0.3, -0.25) is 4.79 Å². The van der Waals surface area contributed by atoms with E-state index >= 15 is 0 Å². The van der Waals surface area contributed by atoms with Crippen molar-refractivity contribution < 1.29 is 9.53 Å². The quantitative estimate of drug-likeness (QED) is 0.766. The molecular formula is C14H17N3O2. The van der Waals surface area contributed by atoms with Gasteiger partial charge < -0.3 is 20.8 Å². The van der Waals surface area contributed by atoms with Crippen molar-refractivity contribution >= 4 is 22.5 Å². The van der Waals surface area contributed by atoms with Crippen molar-refractivity contribution in [2.75, 3.05) is 18.5 Å². The van der Waals surface area contributed by atoms with E-state index in [1.807, 2.05) is 30.5 Å². The van der Waals surface area contributed by atoms with Crippen LogP contribution in [0.1, 0.15) is 12.8 Å². The number of aromatic nitrogens is 1. The maximum Gasteiger partial charge on any atom is 0.244 e. The molecule has 4 N–H and O–H groups in total. The van der Waals surface area contributed by atoms with Crippen molar-refractivity contribution in [3.8, 4) is 0 Å². The fraction of sp³-hybridized carbons (Fsp3) is 0.357. The number of rotatable bonds is 2. The zero-order chi connectivity index (χ0) is 13.3. The summed E-state index contributed by atoms with van der Waals surface area (Å²) in [6.45, 7) is 1.08. The van der Waals surface area contributed by atoms with Crippen LogP contribution in [0.3, 0.4) is 0 Å². The SMILES string of the molecule is NC1(C(=O)Nc2ccc3[nH]ccc3c2)CCOCC1. The van der Waals surface area contributed by atoms with Crippen molar-refractivity contribution in [3.63, 3.8) is 0 Å². The van der Waals surface area contributed by atoms with E-state index in [0.29, 0.717) is 26.1 Å². The van der Waals surface area contributed by atoms with Crippen LogP contribution < -0.4 is 11.1 Å². The number of ether oxygens (including phenoxy) is 1. The van der Waals surface area contributed by atoms with Gasteiger partial charge in [-0.2, -0.15) is 0 Å². The number of carbonyl (C=O) groups is 1. The summed E-state index contributed by atoms with van der Waals surface area (Å²) in [6, 6.07) is 7.72. The molecular weight excluding hydrogens is 242 g/mol. The summed E-state index contributed by atoms with van der Waals surface area (Å²) < 4.78 is 5.25. The average molecular weight is 259 g/mol. The van der Waals surface area contributed by atoms with Crippen LogP contribution in [0.5, 0.6) is 0 Å². The highest BCUT2D eigenvalue weighted by atomic mass is 16.5. The number of nitrogens with one attached hydrogen (secondary N) is 2. The topological polar surface area (TPSA) is 80.1 Å². The monoisotopic (exact) mass is 259 g/mol. The number of fused-ring (bicyclic) bond motifs is 1. The molecule has 1 fully saturated rings. The number of carbonyl (C=O) groups excluding carboxylic acids is 1. The molecule has 5 nitrogen and oxygen atoms in total. The Morgan fingerprint density at radius 1 is 1.32 bits per heavy atom. The second kappa shape index (κ2) is 4.68. The van der Waals surface area contributed by atoms with Crippen LogP contribution in [0.15, 0.2) is 30.5 Å². The van der Waals surface area contributed by atoms with E-state index in [1.165, 1.54) is 0 Å². The molecule has 0 saturated carbocycles. The molecule has 0 aliphatic carbocycles. The van der Waals surface area contributed by atoms with Gasteiger partial charge in [0, 0.05) is 36.0 Å². The predicted molar refractivity (Wildman–Crippen MR) is 73.9 cm³/mol. The van der Waals surface area contributed by atoms with Crippen molar-refractivity contribution in [1.29, 1.82) is 0 Å². The van der Waals surface area contributed by atoms with E-state index in [1.54, 1.807) is 0 Å². The van der Waals surface area contributed by atoms with E-state index in [2.05, 4.69) is 10.3 Å². The van der Waals surface area contributed by atoms with Gasteiger partial charge in [0.05, 0.1) is 0 Å². The van der Waals surface area contributed by atoms with Crippen LogP contribution >= 0.6 is 0 Å². The average Bonchev–Trinajstić information content (AvgIpc) is 2.87. The third-order valence-electron chi connectivity index (χ3n) is 3.65. The van der Waals surface area contributed by atoms with E-state index < -0.39 is 5.54 Å². The molecule has 1 saturated heterocycles. The first-order chi connectivity index (χ1) is 9.17. The molecule has 2 aromatic rings. The summed E-state index contributed by atoms with van der Waals surface area (Å²) >= 11 is 0. The molecule has 0 bridgehead atoms. The van der Waals surface area contributed by atoms with Gasteiger partial charge >= 0.3 is 0 Å². The zero-order valence-electron chi connectivity index (χ0n) is 10.6. The fourth-order valence-corrected chi connectivity index (χ4v) is 2.35. The molecule has 5 heteroatoms. The summed E-state index contributed by atoms with van der Waals surface area (Å²) in [5.41, 5.74) is 7.15. The molecule has 1 aromatic heterocycles. The van der Waals surface area contributed by atoms with Crippen LogP contribution in [-0.4, -0.2) is 29.6 Å². The number of H-pyrrole nitrogens is 1. The number of amides is 1. The molecule has 0 atom stereocenters. The molecule has 19 heavy (non-hydrogen) atoms. The lowest BCUT2D eigenvalue weighted by molar-refractivity contribution is -0.124. The van der Waals surface area contributed by atoms with Gasteiger partial charge in [-0.15, -0.1) is 0 Å². The third kappa shape index (κ3) is 2.34. The number of nitrogens with two attached hydrogens (primary N) is 1. The van der Waals surface area contributed by atoms with Crippen molar-refractivity contribution in [3.05, 3.63) is 30.5 Å². The van der Waals surface area contributed by atoms with Gasteiger partial charge in [-0.05, 0) is 37.1 Å². The van der Waals surface area contributed by atoms with Crippen LogP contribution in [0, 0.1) is 0 Å². The highest BCUT2D eigenvalue weighted by molar-refractivity contribution is 5.99. The molecule has 1 amide bonds. The lowest BCUT2D eigenvalue weighted by atomic mass is 9.90. The van der Waals surface area contributed by atoms with Crippen LogP contribution in [-0.2, 0) is 9.53 Å². The smallest absolute Gasteiger partial charge is 0.244 e. The highest BCUT2D eigenvalue weighted by Gasteiger charge is 2.35. The molecule has 2 heterocycles. The Balaban J connectivity index is 1.78. The first-order valence-corrected chi connectivity index (χ1v) is 6.43. The Kier molecular flexibility index (Phi) is 3.00. The number of anilines is 1. The van der Waals surface area contributed by atoms with Gasteiger partial charge in [0.15, 0.2) is 0 Å². The Morgan fingerprint density at radius 3 is 2.89 bits per heavy atom. The first-order valence-electron chi connectivity index (χ1n) is 6.43. The predicted octanol–water partition coefficient (Wildman–Crippen LogP) is 1.61. The maximum atomic E-state index is 12.3. The zero-order valence-corrected chi connectivity index (χ0v) is 10.6. The Labute approximate surface area is 111 Å². The molecule has 0 unspecified atom stereocenters. The number of hydrogen-bond acceptors (Lipinski definition) is 3. The maximum absolute atomic E-state index is 12.3. The summed E-state index contributed by atoms with van der Waals surface area (Å²) in [4.78, 5) is 15.4.